The van der Waals surface area contributed by atoms with Crippen LogP contribution in [-0.2, 0) is 11.2 Å². The monoisotopic (exact) mass is 277 g/mol. The molecule has 0 aliphatic carbocycles. The summed E-state index contributed by atoms with van der Waals surface area (Å²) in [5.41, 5.74) is 3.58. The van der Waals surface area contributed by atoms with Crippen LogP contribution in [0.25, 0.3) is 0 Å². The Bertz CT molecular complexity index is 691. The summed E-state index contributed by atoms with van der Waals surface area (Å²) in [7, 11) is 1.76. The van der Waals surface area contributed by atoms with Crippen LogP contribution in [0, 0.1) is 11.3 Å². The van der Waals surface area contributed by atoms with Gasteiger partial charge in [-0.1, -0.05) is 18.2 Å². The van der Waals surface area contributed by atoms with Gasteiger partial charge in [-0.2, -0.15) is 5.26 Å². The summed E-state index contributed by atoms with van der Waals surface area (Å²) in [6, 6.07) is 16.8. The Morgan fingerprint density at radius 2 is 1.95 bits per heavy atom. The predicted molar refractivity (Wildman–Crippen MR) is 82.1 cm³/mol. The van der Waals surface area contributed by atoms with Gasteiger partial charge in [0.25, 0.3) is 0 Å². The van der Waals surface area contributed by atoms with Crippen LogP contribution >= 0.6 is 0 Å². The fourth-order valence-electron chi connectivity index (χ4n) is 2.57. The van der Waals surface area contributed by atoms with Crippen molar-refractivity contribution in [2.45, 2.75) is 12.5 Å². The molecular formula is C17H15N3O. The maximum atomic E-state index is 12.6. The van der Waals surface area contributed by atoms with Crippen LogP contribution in [0.3, 0.4) is 0 Å². The van der Waals surface area contributed by atoms with Crippen molar-refractivity contribution in [1.82, 2.24) is 0 Å². The van der Waals surface area contributed by atoms with Gasteiger partial charge in [-0.25, -0.2) is 0 Å². The number of amides is 1. The van der Waals surface area contributed by atoms with Crippen molar-refractivity contribution in [2.24, 2.45) is 0 Å². The van der Waals surface area contributed by atoms with E-state index in [1.807, 2.05) is 24.3 Å². The molecule has 2 aromatic carbocycles. The highest BCUT2D eigenvalue weighted by Gasteiger charge is 2.29. The number of likely N-dealkylation sites (N-methyl/N-ethyl adjacent to an activating group) is 1. The molecule has 0 fully saturated rings. The molecule has 1 aliphatic rings. The lowest BCUT2D eigenvalue weighted by atomic mass is 10.1. The van der Waals surface area contributed by atoms with E-state index in [0.717, 1.165) is 11.4 Å². The Kier molecular flexibility index (Phi) is 3.33. The highest BCUT2D eigenvalue weighted by Crippen LogP contribution is 2.27. The molecule has 1 aliphatic heterocycles. The molecule has 1 heterocycles. The topological polar surface area (TPSA) is 56.1 Å². The van der Waals surface area contributed by atoms with Gasteiger partial charge in [-0.05, 0) is 35.9 Å². The molecule has 2 aromatic rings. The van der Waals surface area contributed by atoms with Gasteiger partial charge in [-0.3, -0.25) is 4.79 Å². The fourth-order valence-corrected chi connectivity index (χ4v) is 2.57. The zero-order chi connectivity index (χ0) is 14.8. The van der Waals surface area contributed by atoms with E-state index in [0.29, 0.717) is 12.0 Å². The molecular weight excluding hydrogens is 262 g/mol. The number of nitrogens with one attached hydrogen (secondary N) is 1. The van der Waals surface area contributed by atoms with Crippen LogP contribution in [0.5, 0.6) is 0 Å². The number of nitrogens with zero attached hydrogens (tertiary/aromatic N) is 2. The highest BCUT2D eigenvalue weighted by atomic mass is 16.2. The Morgan fingerprint density at radius 3 is 2.62 bits per heavy atom. The van der Waals surface area contributed by atoms with Gasteiger partial charge in [0.2, 0.25) is 5.91 Å². The zero-order valence-corrected chi connectivity index (χ0v) is 11.7. The number of anilines is 2. The van der Waals surface area contributed by atoms with Crippen LogP contribution in [-0.4, -0.2) is 19.0 Å². The summed E-state index contributed by atoms with van der Waals surface area (Å²) >= 11 is 0. The van der Waals surface area contributed by atoms with E-state index in [1.54, 1.807) is 36.2 Å². The van der Waals surface area contributed by atoms with E-state index >= 15 is 0 Å². The van der Waals surface area contributed by atoms with E-state index in [1.165, 1.54) is 5.56 Å². The van der Waals surface area contributed by atoms with Gasteiger partial charge in [0.05, 0.1) is 11.6 Å². The molecule has 0 aromatic heterocycles. The van der Waals surface area contributed by atoms with E-state index < -0.39 is 0 Å². The standard InChI is InChI=1S/C17H15N3O/c1-20(14-8-6-12(11-18)7-9-14)17(21)16-10-13-4-2-3-5-15(13)19-16/h2-9,16,19H,10H2,1H3. The van der Waals surface area contributed by atoms with Crippen molar-refractivity contribution in [2.75, 3.05) is 17.3 Å². The third kappa shape index (κ3) is 2.46. The van der Waals surface area contributed by atoms with Crippen molar-refractivity contribution in [1.29, 1.82) is 5.26 Å². The summed E-state index contributed by atoms with van der Waals surface area (Å²) in [5.74, 6) is 0.0240. The summed E-state index contributed by atoms with van der Waals surface area (Å²) < 4.78 is 0. The number of fused-ring (bicyclic) bond motifs is 1. The van der Waals surface area contributed by atoms with Crippen molar-refractivity contribution in [3.05, 3.63) is 59.7 Å². The number of carbonyl (C=O) groups excluding carboxylic acids is 1. The predicted octanol–water partition coefficient (Wildman–Crippen LogP) is 2.56. The Balaban J connectivity index is 1.75. The maximum absolute atomic E-state index is 12.6. The second-order valence-corrected chi connectivity index (χ2v) is 5.11. The molecule has 1 atom stereocenters. The van der Waals surface area contributed by atoms with E-state index in [2.05, 4.69) is 11.4 Å². The number of rotatable bonds is 2. The van der Waals surface area contributed by atoms with Gasteiger partial charge < -0.3 is 10.2 Å². The number of para-hydroxylation sites is 1. The average Bonchev–Trinajstić information content (AvgIpc) is 2.97. The molecule has 1 amide bonds. The first kappa shape index (κ1) is 13.2. The van der Waals surface area contributed by atoms with Gasteiger partial charge in [0.15, 0.2) is 0 Å². The maximum Gasteiger partial charge on any atom is 0.249 e. The van der Waals surface area contributed by atoms with Crippen molar-refractivity contribution < 1.29 is 4.79 Å². The Morgan fingerprint density at radius 1 is 1.24 bits per heavy atom. The zero-order valence-electron chi connectivity index (χ0n) is 11.7. The smallest absolute Gasteiger partial charge is 0.249 e. The molecule has 1 N–H and O–H groups in total. The van der Waals surface area contributed by atoms with Crippen molar-refractivity contribution in [3.8, 4) is 6.07 Å². The van der Waals surface area contributed by atoms with Crippen LogP contribution in [0.15, 0.2) is 48.5 Å². The average molecular weight is 277 g/mol. The van der Waals surface area contributed by atoms with E-state index in [4.69, 9.17) is 5.26 Å². The van der Waals surface area contributed by atoms with Crippen LogP contribution in [0.2, 0.25) is 0 Å². The van der Waals surface area contributed by atoms with Crippen LogP contribution in [0.1, 0.15) is 11.1 Å². The quantitative estimate of drug-likeness (QED) is 0.917. The normalized spacial score (nSPS) is 15.7. The summed E-state index contributed by atoms with van der Waals surface area (Å²) in [6.45, 7) is 0. The Labute approximate surface area is 123 Å². The molecule has 3 rings (SSSR count). The van der Waals surface area contributed by atoms with Crippen molar-refractivity contribution in [3.63, 3.8) is 0 Å². The van der Waals surface area contributed by atoms with E-state index in [9.17, 15) is 4.79 Å². The number of hydrogen-bond acceptors (Lipinski definition) is 3. The molecule has 104 valence electrons. The number of hydrogen-bond donors (Lipinski definition) is 1. The van der Waals surface area contributed by atoms with Crippen LogP contribution < -0.4 is 10.2 Å². The minimum Gasteiger partial charge on any atom is -0.373 e. The molecule has 1 unspecified atom stereocenters. The molecule has 0 saturated carbocycles. The lowest BCUT2D eigenvalue weighted by Crippen LogP contribution is -2.39. The SMILES string of the molecule is CN(C(=O)C1Cc2ccccc2N1)c1ccc(C#N)cc1. The molecule has 0 radical (unpaired) electrons. The third-order valence-electron chi connectivity index (χ3n) is 3.78. The summed E-state index contributed by atoms with van der Waals surface area (Å²) in [4.78, 5) is 14.2. The number of nitriles is 1. The number of carbonyl (C=O) groups is 1. The summed E-state index contributed by atoms with van der Waals surface area (Å²) in [5, 5.41) is 12.1. The minimum atomic E-state index is -0.233. The number of benzene rings is 2. The molecule has 0 saturated heterocycles. The minimum absolute atomic E-state index is 0.0240. The summed E-state index contributed by atoms with van der Waals surface area (Å²) in [6.07, 6.45) is 0.704. The van der Waals surface area contributed by atoms with E-state index in [-0.39, 0.29) is 11.9 Å². The lowest BCUT2D eigenvalue weighted by molar-refractivity contribution is -0.118. The molecule has 4 heteroatoms. The van der Waals surface area contributed by atoms with Gasteiger partial charge in [0, 0.05) is 24.8 Å². The second kappa shape index (κ2) is 5.29. The molecule has 4 nitrogen and oxygen atoms in total. The first-order valence-electron chi connectivity index (χ1n) is 6.81. The second-order valence-electron chi connectivity index (χ2n) is 5.11. The van der Waals surface area contributed by atoms with Gasteiger partial charge >= 0.3 is 0 Å². The Hall–Kier alpha value is -2.80. The first-order chi connectivity index (χ1) is 10.2. The largest absolute Gasteiger partial charge is 0.373 e. The first-order valence-corrected chi connectivity index (χ1v) is 6.81. The fraction of sp³-hybridized carbons (Fsp3) is 0.176. The highest BCUT2D eigenvalue weighted by molar-refractivity contribution is 5.99. The van der Waals surface area contributed by atoms with Gasteiger partial charge in [-0.15, -0.1) is 0 Å². The molecule has 0 spiro atoms. The molecule has 21 heavy (non-hydrogen) atoms. The van der Waals surface area contributed by atoms with Crippen molar-refractivity contribution >= 4 is 17.3 Å². The molecule has 0 bridgehead atoms. The van der Waals surface area contributed by atoms with Gasteiger partial charge in [0.1, 0.15) is 6.04 Å². The third-order valence-corrected chi connectivity index (χ3v) is 3.78. The lowest BCUT2D eigenvalue weighted by Gasteiger charge is -2.21. The van der Waals surface area contributed by atoms with Crippen LogP contribution in [0.4, 0.5) is 11.4 Å².